The van der Waals surface area contributed by atoms with Crippen LogP contribution in [0.5, 0.6) is 0 Å². The molecule has 1 N–H and O–H groups in total. The van der Waals surface area contributed by atoms with Gasteiger partial charge in [0.05, 0.1) is 0 Å². The van der Waals surface area contributed by atoms with Gasteiger partial charge in [0.2, 0.25) is 0 Å². The Hall–Kier alpha value is -1.58. The summed E-state index contributed by atoms with van der Waals surface area (Å²) < 4.78 is 17.7. The first kappa shape index (κ1) is 12.9. The molecule has 1 aromatic carbocycles. The highest BCUT2D eigenvalue weighted by atomic mass is 19.1. The molecule has 4 heteroatoms. The molecule has 3 nitrogen and oxygen atoms in total. The van der Waals surface area contributed by atoms with Crippen LogP contribution in [0.2, 0.25) is 0 Å². The summed E-state index contributed by atoms with van der Waals surface area (Å²) in [5, 5.41) is 2.80. The molecule has 0 spiro atoms. The van der Waals surface area contributed by atoms with E-state index in [1.807, 2.05) is 6.92 Å². The van der Waals surface area contributed by atoms with Crippen LogP contribution in [-0.2, 0) is 11.3 Å². The zero-order chi connectivity index (χ0) is 13.0. The molecule has 0 bridgehead atoms. The van der Waals surface area contributed by atoms with E-state index in [-0.39, 0.29) is 18.5 Å². The Morgan fingerprint density at radius 2 is 2.11 bits per heavy atom. The van der Waals surface area contributed by atoms with E-state index in [4.69, 9.17) is 4.74 Å². The summed E-state index contributed by atoms with van der Waals surface area (Å²) >= 11 is 0. The first-order valence-electron chi connectivity index (χ1n) is 6.31. The molecule has 2 rings (SSSR count). The van der Waals surface area contributed by atoms with E-state index in [0.717, 1.165) is 17.9 Å². The summed E-state index contributed by atoms with van der Waals surface area (Å²) in [6, 6.07) is 6.07. The average Bonchev–Trinajstić information content (AvgIpc) is 3.12. The molecule has 1 aromatic rings. The van der Waals surface area contributed by atoms with Gasteiger partial charge in [0.1, 0.15) is 12.4 Å². The first-order valence-corrected chi connectivity index (χ1v) is 6.31. The lowest BCUT2D eigenvalue weighted by Gasteiger charge is -2.13. The zero-order valence-corrected chi connectivity index (χ0v) is 10.5. The van der Waals surface area contributed by atoms with Crippen LogP contribution in [-0.4, -0.2) is 12.1 Å². The SMILES string of the molecule is CC(CC1CC1)NC(=O)OCc1ccc(F)cc1. The molecule has 98 valence electrons. The summed E-state index contributed by atoms with van der Waals surface area (Å²) in [7, 11) is 0. The van der Waals surface area contributed by atoms with Crippen molar-refractivity contribution in [3.63, 3.8) is 0 Å². The fourth-order valence-corrected chi connectivity index (χ4v) is 1.88. The number of carbonyl (C=O) groups excluding carboxylic acids is 1. The summed E-state index contributed by atoms with van der Waals surface area (Å²) in [6.07, 6.45) is 3.16. The fourth-order valence-electron chi connectivity index (χ4n) is 1.88. The van der Waals surface area contributed by atoms with E-state index in [2.05, 4.69) is 5.32 Å². The van der Waals surface area contributed by atoms with Crippen molar-refractivity contribution in [1.82, 2.24) is 5.32 Å². The molecule has 18 heavy (non-hydrogen) atoms. The molecular weight excluding hydrogens is 233 g/mol. The second-order valence-electron chi connectivity index (χ2n) is 4.93. The monoisotopic (exact) mass is 251 g/mol. The number of rotatable bonds is 5. The third-order valence-electron chi connectivity index (χ3n) is 3.03. The lowest BCUT2D eigenvalue weighted by Crippen LogP contribution is -2.33. The second-order valence-corrected chi connectivity index (χ2v) is 4.93. The van der Waals surface area contributed by atoms with E-state index < -0.39 is 6.09 Å². The van der Waals surface area contributed by atoms with Crippen LogP contribution >= 0.6 is 0 Å². The zero-order valence-electron chi connectivity index (χ0n) is 10.5. The number of benzene rings is 1. The number of nitrogens with one attached hydrogen (secondary N) is 1. The van der Waals surface area contributed by atoms with Crippen molar-refractivity contribution in [3.05, 3.63) is 35.6 Å². The van der Waals surface area contributed by atoms with Crippen molar-refractivity contribution < 1.29 is 13.9 Å². The van der Waals surface area contributed by atoms with Gasteiger partial charge in [-0.3, -0.25) is 0 Å². The van der Waals surface area contributed by atoms with Crippen molar-refractivity contribution in [2.45, 2.75) is 38.8 Å². The molecule has 1 atom stereocenters. The molecule has 1 fully saturated rings. The lowest BCUT2D eigenvalue weighted by atomic mass is 10.2. The second kappa shape index (κ2) is 5.85. The maximum absolute atomic E-state index is 12.7. The summed E-state index contributed by atoms with van der Waals surface area (Å²) in [6.45, 7) is 2.15. The molecular formula is C14H18FNO2. The largest absolute Gasteiger partial charge is 0.445 e. The maximum Gasteiger partial charge on any atom is 0.407 e. The van der Waals surface area contributed by atoms with Crippen LogP contribution in [0.3, 0.4) is 0 Å². The number of hydrogen-bond donors (Lipinski definition) is 1. The minimum Gasteiger partial charge on any atom is -0.445 e. The lowest BCUT2D eigenvalue weighted by molar-refractivity contribution is 0.135. The van der Waals surface area contributed by atoms with Gasteiger partial charge < -0.3 is 10.1 Å². The maximum atomic E-state index is 12.7. The third kappa shape index (κ3) is 4.35. The van der Waals surface area contributed by atoms with E-state index in [9.17, 15) is 9.18 Å². The molecule has 0 aliphatic heterocycles. The normalized spacial score (nSPS) is 16.1. The quantitative estimate of drug-likeness (QED) is 0.872. The van der Waals surface area contributed by atoms with Crippen LogP contribution in [0, 0.1) is 11.7 Å². The van der Waals surface area contributed by atoms with Crippen molar-refractivity contribution >= 4 is 6.09 Å². The van der Waals surface area contributed by atoms with Gasteiger partial charge in [-0.15, -0.1) is 0 Å². The van der Waals surface area contributed by atoms with Crippen molar-refractivity contribution in [2.75, 3.05) is 0 Å². The summed E-state index contributed by atoms with van der Waals surface area (Å²) in [4.78, 5) is 11.5. The molecule has 0 radical (unpaired) electrons. The molecule has 1 amide bonds. The number of amides is 1. The number of ether oxygens (including phenoxy) is 1. The van der Waals surface area contributed by atoms with Gasteiger partial charge >= 0.3 is 6.09 Å². The molecule has 1 aliphatic carbocycles. The van der Waals surface area contributed by atoms with Gasteiger partial charge in [-0.1, -0.05) is 25.0 Å². The minimum atomic E-state index is -0.410. The highest BCUT2D eigenvalue weighted by molar-refractivity contribution is 5.67. The first-order chi connectivity index (χ1) is 8.63. The number of alkyl carbamates (subject to hydrolysis) is 1. The number of halogens is 1. The molecule has 0 saturated heterocycles. The Morgan fingerprint density at radius 3 is 2.72 bits per heavy atom. The Morgan fingerprint density at radius 1 is 1.44 bits per heavy atom. The molecule has 1 aliphatic rings. The minimum absolute atomic E-state index is 0.151. The smallest absolute Gasteiger partial charge is 0.407 e. The molecule has 1 saturated carbocycles. The van der Waals surface area contributed by atoms with Crippen LogP contribution in [0.4, 0.5) is 9.18 Å². The van der Waals surface area contributed by atoms with Crippen molar-refractivity contribution in [3.8, 4) is 0 Å². The predicted molar refractivity (Wildman–Crippen MR) is 66.5 cm³/mol. The van der Waals surface area contributed by atoms with E-state index in [0.29, 0.717) is 0 Å². The number of hydrogen-bond acceptors (Lipinski definition) is 2. The van der Waals surface area contributed by atoms with E-state index in [1.165, 1.54) is 25.0 Å². The predicted octanol–water partition coefficient (Wildman–Crippen LogP) is 3.24. The van der Waals surface area contributed by atoms with Crippen LogP contribution in [0.1, 0.15) is 31.7 Å². The van der Waals surface area contributed by atoms with Gasteiger partial charge in [-0.2, -0.15) is 0 Å². The van der Waals surface area contributed by atoms with Gasteiger partial charge in [0.25, 0.3) is 0 Å². The van der Waals surface area contributed by atoms with E-state index >= 15 is 0 Å². The highest BCUT2D eigenvalue weighted by Crippen LogP contribution is 2.33. The summed E-state index contributed by atoms with van der Waals surface area (Å²) in [5.41, 5.74) is 0.779. The number of carbonyl (C=O) groups is 1. The molecule has 1 unspecified atom stereocenters. The Kier molecular flexibility index (Phi) is 4.18. The Balaban J connectivity index is 1.68. The van der Waals surface area contributed by atoms with Crippen molar-refractivity contribution in [1.29, 1.82) is 0 Å². The van der Waals surface area contributed by atoms with Gasteiger partial charge in [-0.25, -0.2) is 9.18 Å². The third-order valence-corrected chi connectivity index (χ3v) is 3.03. The van der Waals surface area contributed by atoms with Crippen LogP contribution in [0.25, 0.3) is 0 Å². The summed E-state index contributed by atoms with van der Waals surface area (Å²) in [5.74, 6) is 0.485. The van der Waals surface area contributed by atoms with Crippen LogP contribution < -0.4 is 5.32 Å². The Bertz CT molecular complexity index is 401. The Labute approximate surface area is 106 Å². The van der Waals surface area contributed by atoms with Crippen molar-refractivity contribution in [2.24, 2.45) is 5.92 Å². The topological polar surface area (TPSA) is 38.3 Å². The molecule has 0 heterocycles. The van der Waals surface area contributed by atoms with Crippen LogP contribution in [0.15, 0.2) is 24.3 Å². The molecule has 0 aromatic heterocycles. The van der Waals surface area contributed by atoms with Gasteiger partial charge in [-0.05, 0) is 37.0 Å². The average molecular weight is 251 g/mol. The van der Waals surface area contributed by atoms with E-state index in [1.54, 1.807) is 12.1 Å². The standard InChI is InChI=1S/C14H18FNO2/c1-10(8-11-2-3-11)16-14(17)18-9-12-4-6-13(15)7-5-12/h4-7,10-11H,2-3,8-9H2,1H3,(H,16,17). The highest BCUT2D eigenvalue weighted by Gasteiger charge is 2.24. The van der Waals surface area contributed by atoms with Gasteiger partial charge in [0.15, 0.2) is 0 Å². The van der Waals surface area contributed by atoms with Gasteiger partial charge in [0, 0.05) is 6.04 Å². The fraction of sp³-hybridized carbons (Fsp3) is 0.500.